The summed E-state index contributed by atoms with van der Waals surface area (Å²) in [5.41, 5.74) is 0.293. The van der Waals surface area contributed by atoms with Gasteiger partial charge in [-0.15, -0.1) is 0 Å². The van der Waals surface area contributed by atoms with Gasteiger partial charge < -0.3 is 4.79 Å². The Morgan fingerprint density at radius 1 is 1.38 bits per heavy atom. The van der Waals surface area contributed by atoms with E-state index < -0.39 is 0 Å². The minimum Gasteiger partial charge on any atom is -0.303 e. The highest BCUT2D eigenvalue weighted by molar-refractivity contribution is 6.36. The summed E-state index contributed by atoms with van der Waals surface area (Å²) in [6, 6.07) is 4.57. The Bertz CT molecular complexity index is 347. The maximum absolute atomic E-state index is 11.2. The molecule has 13 heavy (non-hydrogen) atoms. The number of carbonyl (C=O) groups is 2. The molecule has 1 aromatic carbocycles. The van der Waals surface area contributed by atoms with E-state index in [4.69, 9.17) is 23.2 Å². The highest BCUT2D eigenvalue weighted by atomic mass is 35.5. The van der Waals surface area contributed by atoms with Gasteiger partial charge in [0.05, 0.1) is 11.4 Å². The third-order valence-electron chi connectivity index (χ3n) is 1.50. The van der Waals surface area contributed by atoms with Gasteiger partial charge in [0.15, 0.2) is 5.78 Å². The minimum atomic E-state index is -0.317. The van der Waals surface area contributed by atoms with Crippen LogP contribution in [0.4, 0.5) is 0 Å². The summed E-state index contributed by atoms with van der Waals surface area (Å²) in [5.74, 6) is -0.317. The van der Waals surface area contributed by atoms with Crippen LogP contribution in [0.5, 0.6) is 0 Å². The Hall–Kier alpha value is -0.860. The van der Waals surface area contributed by atoms with Crippen molar-refractivity contribution in [1.29, 1.82) is 0 Å². The van der Waals surface area contributed by atoms with E-state index in [9.17, 15) is 9.59 Å². The van der Waals surface area contributed by atoms with Gasteiger partial charge in [0, 0.05) is 10.6 Å². The first kappa shape index (κ1) is 10.2. The van der Waals surface area contributed by atoms with Crippen LogP contribution in [0.25, 0.3) is 0 Å². The largest absolute Gasteiger partial charge is 0.303 e. The summed E-state index contributed by atoms with van der Waals surface area (Å²) in [5, 5.41) is 0.745. The van der Waals surface area contributed by atoms with E-state index in [1.54, 1.807) is 6.07 Å². The van der Waals surface area contributed by atoms with Crippen LogP contribution >= 0.6 is 23.2 Å². The zero-order valence-corrected chi connectivity index (χ0v) is 8.10. The van der Waals surface area contributed by atoms with Crippen LogP contribution in [0.1, 0.15) is 16.8 Å². The van der Waals surface area contributed by atoms with Crippen molar-refractivity contribution in [2.45, 2.75) is 6.42 Å². The van der Waals surface area contributed by atoms with E-state index in [2.05, 4.69) is 0 Å². The fraction of sp³-hybridized carbons (Fsp3) is 0.111. The monoisotopic (exact) mass is 216 g/mol. The lowest BCUT2D eigenvalue weighted by atomic mass is 10.1. The predicted molar refractivity (Wildman–Crippen MR) is 51.5 cm³/mol. The van der Waals surface area contributed by atoms with Gasteiger partial charge in [-0.1, -0.05) is 23.2 Å². The van der Waals surface area contributed by atoms with Crippen molar-refractivity contribution in [2.24, 2.45) is 0 Å². The number of hydrogen-bond donors (Lipinski definition) is 0. The van der Waals surface area contributed by atoms with Gasteiger partial charge in [0.2, 0.25) is 0 Å². The minimum absolute atomic E-state index is 0.167. The van der Waals surface area contributed by atoms with Crippen LogP contribution in [0.2, 0.25) is 10.0 Å². The summed E-state index contributed by atoms with van der Waals surface area (Å²) < 4.78 is 0. The molecule has 0 N–H and O–H groups in total. The topological polar surface area (TPSA) is 34.1 Å². The Morgan fingerprint density at radius 3 is 2.69 bits per heavy atom. The van der Waals surface area contributed by atoms with E-state index in [0.29, 0.717) is 21.9 Å². The quantitative estimate of drug-likeness (QED) is 0.443. The Labute approximate surface area is 85.5 Å². The van der Waals surface area contributed by atoms with Gasteiger partial charge >= 0.3 is 0 Å². The number of Topliss-reactive ketones (excluding diaryl/α,β-unsaturated/α-hetero) is 1. The average Bonchev–Trinajstić information content (AvgIpc) is 2.09. The van der Waals surface area contributed by atoms with Crippen LogP contribution in [0.3, 0.4) is 0 Å². The first-order valence-corrected chi connectivity index (χ1v) is 4.32. The first-order chi connectivity index (χ1) is 6.15. The second-order valence-corrected chi connectivity index (χ2v) is 3.26. The standard InChI is InChI=1S/C9H6Cl2O2/c10-6-1-2-8(11)7(5-6)9(13)3-4-12/h1-2,4-5H,3H2. The molecular formula is C9H6Cl2O2. The zero-order valence-electron chi connectivity index (χ0n) is 6.59. The molecular weight excluding hydrogens is 211 g/mol. The van der Waals surface area contributed by atoms with Gasteiger partial charge in [0.25, 0.3) is 0 Å². The van der Waals surface area contributed by atoms with E-state index in [1.807, 2.05) is 0 Å². The fourth-order valence-electron chi connectivity index (χ4n) is 0.897. The number of hydrogen-bond acceptors (Lipinski definition) is 2. The summed E-state index contributed by atoms with van der Waals surface area (Å²) in [6.45, 7) is 0. The SMILES string of the molecule is O=CCC(=O)c1cc(Cl)ccc1Cl. The molecule has 0 bridgehead atoms. The van der Waals surface area contributed by atoms with Crippen molar-refractivity contribution in [1.82, 2.24) is 0 Å². The van der Waals surface area contributed by atoms with Crippen molar-refractivity contribution < 1.29 is 9.59 Å². The van der Waals surface area contributed by atoms with Gasteiger partial charge in [-0.25, -0.2) is 0 Å². The smallest absolute Gasteiger partial charge is 0.171 e. The predicted octanol–water partition coefficient (Wildman–Crippen LogP) is 2.77. The molecule has 68 valence electrons. The molecule has 0 unspecified atom stereocenters. The highest BCUT2D eigenvalue weighted by Gasteiger charge is 2.09. The van der Waals surface area contributed by atoms with E-state index >= 15 is 0 Å². The summed E-state index contributed by atoms with van der Waals surface area (Å²) in [7, 11) is 0. The summed E-state index contributed by atoms with van der Waals surface area (Å²) in [4.78, 5) is 21.3. The first-order valence-electron chi connectivity index (χ1n) is 3.57. The van der Waals surface area contributed by atoms with Gasteiger partial charge in [-0.3, -0.25) is 4.79 Å². The lowest BCUT2D eigenvalue weighted by molar-refractivity contribution is -0.107. The van der Waals surface area contributed by atoms with Gasteiger partial charge in [-0.05, 0) is 18.2 Å². The van der Waals surface area contributed by atoms with Gasteiger partial charge in [-0.2, -0.15) is 0 Å². The van der Waals surface area contributed by atoms with Crippen molar-refractivity contribution in [3.63, 3.8) is 0 Å². The average molecular weight is 217 g/mol. The molecule has 0 atom stereocenters. The lowest BCUT2D eigenvalue weighted by Crippen LogP contribution is -2.00. The Kier molecular flexibility index (Phi) is 3.46. The van der Waals surface area contributed by atoms with Gasteiger partial charge in [0.1, 0.15) is 6.29 Å². The van der Waals surface area contributed by atoms with Crippen LogP contribution in [0, 0.1) is 0 Å². The molecule has 0 aliphatic heterocycles. The highest BCUT2D eigenvalue weighted by Crippen LogP contribution is 2.21. The molecule has 2 nitrogen and oxygen atoms in total. The second-order valence-electron chi connectivity index (χ2n) is 2.42. The number of aldehydes is 1. The van der Waals surface area contributed by atoms with E-state index in [1.165, 1.54) is 12.1 Å². The van der Waals surface area contributed by atoms with E-state index in [-0.39, 0.29) is 12.2 Å². The fourth-order valence-corrected chi connectivity index (χ4v) is 1.29. The molecule has 0 spiro atoms. The molecule has 4 heteroatoms. The molecule has 0 fully saturated rings. The van der Waals surface area contributed by atoms with Crippen molar-refractivity contribution >= 4 is 35.3 Å². The third-order valence-corrected chi connectivity index (χ3v) is 2.06. The van der Waals surface area contributed by atoms with Crippen molar-refractivity contribution in [3.8, 4) is 0 Å². The number of benzene rings is 1. The maximum atomic E-state index is 11.2. The molecule has 0 aliphatic rings. The van der Waals surface area contributed by atoms with Crippen LogP contribution < -0.4 is 0 Å². The van der Waals surface area contributed by atoms with E-state index in [0.717, 1.165) is 0 Å². The molecule has 0 aromatic heterocycles. The Morgan fingerprint density at radius 2 is 2.08 bits per heavy atom. The molecule has 0 heterocycles. The molecule has 0 aliphatic carbocycles. The number of halogens is 2. The van der Waals surface area contributed by atoms with Crippen molar-refractivity contribution in [3.05, 3.63) is 33.8 Å². The molecule has 0 saturated heterocycles. The third kappa shape index (κ3) is 2.54. The molecule has 0 amide bonds. The maximum Gasteiger partial charge on any atom is 0.171 e. The number of rotatable bonds is 3. The summed E-state index contributed by atoms with van der Waals surface area (Å²) >= 11 is 11.4. The van der Waals surface area contributed by atoms with Crippen LogP contribution in [-0.2, 0) is 4.79 Å². The Balaban J connectivity index is 3.05. The van der Waals surface area contributed by atoms with Crippen molar-refractivity contribution in [2.75, 3.05) is 0 Å². The molecule has 1 rings (SSSR count). The lowest BCUT2D eigenvalue weighted by Gasteiger charge is -2.00. The normalized spacial score (nSPS) is 9.69. The summed E-state index contributed by atoms with van der Waals surface area (Å²) in [6.07, 6.45) is 0.375. The van der Waals surface area contributed by atoms with Crippen LogP contribution in [-0.4, -0.2) is 12.1 Å². The molecule has 1 aromatic rings. The zero-order chi connectivity index (χ0) is 9.84. The number of carbonyl (C=O) groups excluding carboxylic acids is 2. The molecule has 0 saturated carbocycles. The van der Waals surface area contributed by atoms with Crippen LogP contribution in [0.15, 0.2) is 18.2 Å². The number of ketones is 1. The molecule has 0 radical (unpaired) electrons. The second kappa shape index (κ2) is 4.40.